The summed E-state index contributed by atoms with van der Waals surface area (Å²) in [4.78, 5) is 28.8. The molecule has 3 fully saturated rings. The number of carbonyl (C=O) groups excluding carboxylic acids is 2. The number of hydrogen-bond donors (Lipinski definition) is 2. The molecule has 1 aromatic carbocycles. The van der Waals surface area contributed by atoms with Gasteiger partial charge in [0.1, 0.15) is 5.75 Å². The summed E-state index contributed by atoms with van der Waals surface area (Å²) in [5.74, 6) is -0.862. The van der Waals surface area contributed by atoms with Crippen molar-refractivity contribution in [3.8, 4) is 5.75 Å². The van der Waals surface area contributed by atoms with Crippen molar-refractivity contribution in [3.63, 3.8) is 0 Å². The van der Waals surface area contributed by atoms with Crippen LogP contribution in [0.4, 0.5) is 0 Å². The van der Waals surface area contributed by atoms with Gasteiger partial charge < -0.3 is 14.8 Å². The number of hydrogen-bond acceptors (Lipinski definition) is 5. The van der Waals surface area contributed by atoms with Crippen LogP contribution in [-0.4, -0.2) is 40.0 Å². The first-order valence-corrected chi connectivity index (χ1v) is 12.2. The fraction of sp³-hybridized carbons (Fsp3) is 0.600. The van der Waals surface area contributed by atoms with Gasteiger partial charge in [0.2, 0.25) is 11.8 Å². The normalized spacial score (nSPS) is 31.2. The minimum atomic E-state index is -1.09. The summed E-state index contributed by atoms with van der Waals surface area (Å²) >= 11 is 0. The molecule has 0 bridgehead atoms. The Morgan fingerprint density at radius 1 is 1.12 bits per heavy atom. The fourth-order valence-electron chi connectivity index (χ4n) is 6.61. The number of phenolic OH excluding ortho intramolecular Hbond substituents is 1. The quantitative estimate of drug-likeness (QED) is 0.551. The SMILES string of the molecule is CCCC1=C2B(O)O[C@H](c3cccc(O)c3)C[C@H]2[C@H]2C(=O)N(C3CCCCC3)C(=O)[C@H]2C1. The third-order valence-electron chi connectivity index (χ3n) is 7.98. The van der Waals surface area contributed by atoms with Gasteiger partial charge in [-0.3, -0.25) is 14.5 Å². The van der Waals surface area contributed by atoms with Gasteiger partial charge in [-0.2, -0.15) is 0 Å². The lowest BCUT2D eigenvalue weighted by atomic mass is 9.54. The predicted octanol–water partition coefficient (Wildman–Crippen LogP) is 3.92. The van der Waals surface area contributed by atoms with E-state index in [-0.39, 0.29) is 35.4 Å². The predicted molar refractivity (Wildman–Crippen MR) is 120 cm³/mol. The topological polar surface area (TPSA) is 87.1 Å². The highest BCUT2D eigenvalue weighted by molar-refractivity contribution is 6.53. The molecule has 6 nitrogen and oxygen atoms in total. The van der Waals surface area contributed by atoms with Crippen LogP contribution in [0.5, 0.6) is 5.75 Å². The van der Waals surface area contributed by atoms with Gasteiger partial charge in [0.25, 0.3) is 0 Å². The molecule has 0 spiro atoms. The molecular weight excluding hydrogens is 405 g/mol. The molecule has 4 atom stereocenters. The second-order valence-corrected chi connectivity index (χ2v) is 9.90. The summed E-state index contributed by atoms with van der Waals surface area (Å²) in [7, 11) is -1.09. The van der Waals surface area contributed by atoms with Gasteiger partial charge in [-0.1, -0.05) is 50.3 Å². The lowest BCUT2D eigenvalue weighted by Gasteiger charge is -2.42. The van der Waals surface area contributed by atoms with Crippen molar-refractivity contribution < 1.29 is 24.4 Å². The number of likely N-dealkylation sites (tertiary alicyclic amines) is 1. The second kappa shape index (κ2) is 8.67. The number of nitrogens with zero attached hydrogens (tertiary/aromatic N) is 1. The Kier molecular flexibility index (Phi) is 5.89. The van der Waals surface area contributed by atoms with Gasteiger partial charge in [0, 0.05) is 6.04 Å². The molecule has 170 valence electrons. The van der Waals surface area contributed by atoms with Gasteiger partial charge in [0.05, 0.1) is 17.9 Å². The van der Waals surface area contributed by atoms with Crippen LogP contribution in [0.1, 0.15) is 76.4 Å². The number of phenols is 1. The monoisotopic (exact) mass is 437 g/mol. The van der Waals surface area contributed by atoms with Gasteiger partial charge >= 0.3 is 7.12 Å². The molecule has 32 heavy (non-hydrogen) atoms. The number of fused-ring (bicyclic) bond motifs is 3. The van der Waals surface area contributed by atoms with Crippen LogP contribution < -0.4 is 0 Å². The Balaban J connectivity index is 1.51. The highest BCUT2D eigenvalue weighted by Crippen LogP contribution is 2.52. The van der Waals surface area contributed by atoms with E-state index in [1.165, 1.54) is 6.42 Å². The Morgan fingerprint density at radius 3 is 2.62 bits per heavy atom. The van der Waals surface area contributed by atoms with Crippen LogP contribution in [-0.2, 0) is 14.2 Å². The number of rotatable bonds is 4. The van der Waals surface area contributed by atoms with E-state index in [9.17, 15) is 19.7 Å². The minimum Gasteiger partial charge on any atom is -0.508 e. The summed E-state index contributed by atoms with van der Waals surface area (Å²) in [6.07, 6.45) is 7.48. The van der Waals surface area contributed by atoms with Crippen LogP contribution in [0, 0.1) is 17.8 Å². The molecule has 1 saturated carbocycles. The number of amides is 2. The summed E-state index contributed by atoms with van der Waals surface area (Å²) in [5, 5.41) is 21.0. The van der Waals surface area contributed by atoms with E-state index in [0.29, 0.717) is 12.8 Å². The van der Waals surface area contributed by atoms with Crippen molar-refractivity contribution in [1.82, 2.24) is 4.90 Å². The molecule has 2 aliphatic heterocycles. The molecule has 2 amide bonds. The zero-order valence-corrected chi connectivity index (χ0v) is 18.7. The maximum absolute atomic E-state index is 13.7. The molecule has 0 radical (unpaired) electrons. The van der Waals surface area contributed by atoms with Gasteiger partial charge in [-0.15, -0.1) is 0 Å². The van der Waals surface area contributed by atoms with E-state index in [1.807, 2.05) is 6.07 Å². The molecule has 4 aliphatic rings. The fourth-order valence-corrected chi connectivity index (χ4v) is 6.61. The molecule has 7 heteroatoms. The standard InChI is InChI=1S/C25H32BNO5/c1-2-7-16-13-20-22(25(30)27(24(20)29)17-9-4-3-5-10-17)19-14-21(32-26(31)23(16)19)15-8-6-11-18(28)12-15/h6,8,11-12,17,19-22,28,31H,2-5,7,9-10,13-14H2,1H3/t19-,20-,21-,22+/m0/s1. The highest BCUT2D eigenvalue weighted by atomic mass is 16.5. The van der Waals surface area contributed by atoms with Crippen LogP contribution in [0.25, 0.3) is 0 Å². The molecule has 0 unspecified atom stereocenters. The maximum atomic E-state index is 13.7. The molecule has 0 aromatic heterocycles. The largest absolute Gasteiger partial charge is 0.508 e. The summed E-state index contributed by atoms with van der Waals surface area (Å²) in [6.45, 7) is 2.09. The van der Waals surface area contributed by atoms with Crippen molar-refractivity contribution in [2.24, 2.45) is 17.8 Å². The average molecular weight is 437 g/mol. The molecule has 2 aliphatic carbocycles. The van der Waals surface area contributed by atoms with E-state index in [4.69, 9.17) is 4.65 Å². The van der Waals surface area contributed by atoms with E-state index < -0.39 is 19.1 Å². The Bertz CT molecular complexity index is 940. The molecule has 1 aromatic rings. The van der Waals surface area contributed by atoms with Crippen LogP contribution in [0.2, 0.25) is 0 Å². The molecule has 2 heterocycles. The average Bonchev–Trinajstić information content (AvgIpc) is 3.04. The smallest absolute Gasteiger partial charge is 0.487 e. The maximum Gasteiger partial charge on any atom is 0.487 e. The van der Waals surface area contributed by atoms with Gasteiger partial charge in [-0.25, -0.2) is 0 Å². The minimum absolute atomic E-state index is 0.00515. The Morgan fingerprint density at radius 2 is 1.91 bits per heavy atom. The van der Waals surface area contributed by atoms with Gasteiger partial charge in [-0.05, 0) is 61.2 Å². The van der Waals surface area contributed by atoms with E-state index in [2.05, 4.69) is 6.92 Å². The summed E-state index contributed by atoms with van der Waals surface area (Å²) in [6, 6.07) is 6.90. The number of aromatic hydroxyl groups is 1. The van der Waals surface area contributed by atoms with Crippen LogP contribution in [0.15, 0.2) is 35.3 Å². The van der Waals surface area contributed by atoms with E-state index >= 15 is 0 Å². The molecular formula is C25H32BNO5. The van der Waals surface area contributed by atoms with Crippen LogP contribution in [0.3, 0.4) is 0 Å². The first-order chi connectivity index (χ1) is 15.5. The Hall–Kier alpha value is -2.12. The van der Waals surface area contributed by atoms with Crippen molar-refractivity contribution in [2.75, 3.05) is 0 Å². The first kappa shape index (κ1) is 21.7. The zero-order chi connectivity index (χ0) is 22.4. The third kappa shape index (κ3) is 3.59. The lowest BCUT2D eigenvalue weighted by Crippen LogP contribution is -2.45. The highest BCUT2D eigenvalue weighted by Gasteiger charge is 2.58. The summed E-state index contributed by atoms with van der Waals surface area (Å²) in [5.41, 5.74) is 2.70. The molecule has 5 rings (SSSR count). The lowest BCUT2D eigenvalue weighted by molar-refractivity contribution is -0.143. The second-order valence-electron chi connectivity index (χ2n) is 9.90. The van der Waals surface area contributed by atoms with Crippen LogP contribution >= 0.6 is 0 Å². The Labute approximate surface area is 189 Å². The van der Waals surface area contributed by atoms with Crippen molar-refractivity contribution in [1.29, 1.82) is 0 Å². The van der Waals surface area contributed by atoms with Crippen molar-refractivity contribution in [3.05, 3.63) is 40.9 Å². The number of carbonyl (C=O) groups is 2. The molecule has 2 saturated heterocycles. The van der Waals surface area contributed by atoms with Gasteiger partial charge in [0.15, 0.2) is 0 Å². The number of allylic oxidation sites excluding steroid dienone is 2. The zero-order valence-electron chi connectivity index (χ0n) is 18.7. The number of imide groups is 1. The van der Waals surface area contributed by atoms with Crippen molar-refractivity contribution in [2.45, 2.75) is 76.9 Å². The van der Waals surface area contributed by atoms with E-state index in [1.54, 1.807) is 23.1 Å². The number of benzene rings is 1. The van der Waals surface area contributed by atoms with E-state index in [0.717, 1.165) is 55.1 Å². The third-order valence-corrected chi connectivity index (χ3v) is 7.98. The summed E-state index contributed by atoms with van der Waals surface area (Å²) < 4.78 is 6.00. The molecule has 2 N–H and O–H groups in total. The first-order valence-electron chi connectivity index (χ1n) is 12.2. The van der Waals surface area contributed by atoms with Crippen molar-refractivity contribution >= 4 is 18.9 Å².